The SMILES string of the molecule is COc1ccc(Nc2cc(Nc3ccc4c(c3)OCO4)ncn2)cc1OC. The third-order valence-corrected chi connectivity index (χ3v) is 3.97. The highest BCUT2D eigenvalue weighted by Crippen LogP contribution is 2.35. The number of nitrogens with zero attached hydrogens (tertiary/aromatic N) is 2. The Labute approximate surface area is 156 Å². The van der Waals surface area contributed by atoms with Crippen LogP contribution in [0.2, 0.25) is 0 Å². The van der Waals surface area contributed by atoms with Gasteiger partial charge in [0.1, 0.15) is 18.0 Å². The van der Waals surface area contributed by atoms with Gasteiger partial charge in [-0.05, 0) is 24.3 Å². The molecule has 138 valence electrons. The summed E-state index contributed by atoms with van der Waals surface area (Å²) in [6, 6.07) is 13.0. The van der Waals surface area contributed by atoms with Gasteiger partial charge >= 0.3 is 0 Å². The minimum Gasteiger partial charge on any atom is -0.493 e. The lowest BCUT2D eigenvalue weighted by Gasteiger charge is -2.12. The molecule has 8 nitrogen and oxygen atoms in total. The molecular formula is C19H18N4O4. The Balaban J connectivity index is 1.51. The fourth-order valence-corrected chi connectivity index (χ4v) is 2.68. The van der Waals surface area contributed by atoms with Gasteiger partial charge in [0, 0.05) is 29.6 Å². The molecule has 27 heavy (non-hydrogen) atoms. The van der Waals surface area contributed by atoms with Crippen molar-refractivity contribution in [3.63, 3.8) is 0 Å². The third-order valence-electron chi connectivity index (χ3n) is 3.97. The molecule has 4 rings (SSSR count). The maximum atomic E-state index is 5.39. The Kier molecular flexibility index (Phi) is 4.52. The molecule has 1 aromatic heterocycles. The molecule has 0 fully saturated rings. The molecule has 1 aliphatic rings. The first kappa shape index (κ1) is 16.8. The van der Waals surface area contributed by atoms with Crippen LogP contribution >= 0.6 is 0 Å². The standard InChI is InChI=1S/C19H18N4O4/c1-24-14-5-3-12(7-16(14)25-2)22-18-9-19(21-10-20-18)23-13-4-6-15-17(8-13)27-11-26-15/h3-10H,11H2,1-2H3,(H2,20,21,22,23). The Hall–Kier alpha value is -3.68. The summed E-state index contributed by atoms with van der Waals surface area (Å²) in [5.74, 6) is 4.02. The van der Waals surface area contributed by atoms with E-state index < -0.39 is 0 Å². The zero-order chi connectivity index (χ0) is 18.6. The van der Waals surface area contributed by atoms with E-state index in [0.29, 0.717) is 28.9 Å². The van der Waals surface area contributed by atoms with Crippen molar-refractivity contribution in [2.75, 3.05) is 31.6 Å². The number of hydrogen-bond donors (Lipinski definition) is 2. The summed E-state index contributed by atoms with van der Waals surface area (Å²) in [4.78, 5) is 8.51. The monoisotopic (exact) mass is 366 g/mol. The number of nitrogens with one attached hydrogen (secondary N) is 2. The van der Waals surface area contributed by atoms with Crippen LogP contribution < -0.4 is 29.6 Å². The van der Waals surface area contributed by atoms with Crippen molar-refractivity contribution in [2.45, 2.75) is 0 Å². The van der Waals surface area contributed by atoms with Crippen LogP contribution in [0, 0.1) is 0 Å². The molecule has 0 atom stereocenters. The van der Waals surface area contributed by atoms with Crippen molar-refractivity contribution >= 4 is 23.0 Å². The largest absolute Gasteiger partial charge is 0.493 e. The van der Waals surface area contributed by atoms with E-state index >= 15 is 0 Å². The van der Waals surface area contributed by atoms with Gasteiger partial charge in [-0.25, -0.2) is 9.97 Å². The average molecular weight is 366 g/mol. The number of anilines is 4. The first-order valence-electron chi connectivity index (χ1n) is 8.23. The zero-order valence-corrected chi connectivity index (χ0v) is 14.9. The lowest BCUT2D eigenvalue weighted by atomic mass is 10.2. The van der Waals surface area contributed by atoms with Crippen LogP contribution in [-0.4, -0.2) is 31.0 Å². The predicted octanol–water partition coefficient (Wildman–Crippen LogP) is 3.71. The maximum absolute atomic E-state index is 5.39. The number of ether oxygens (including phenoxy) is 4. The van der Waals surface area contributed by atoms with Gasteiger partial charge in [0.25, 0.3) is 0 Å². The van der Waals surface area contributed by atoms with Crippen LogP contribution in [0.4, 0.5) is 23.0 Å². The molecule has 0 spiro atoms. The number of methoxy groups -OCH3 is 2. The number of rotatable bonds is 6. The van der Waals surface area contributed by atoms with Gasteiger partial charge in [0.15, 0.2) is 23.0 Å². The Morgan fingerprint density at radius 2 is 1.44 bits per heavy atom. The molecule has 2 heterocycles. The molecule has 0 saturated heterocycles. The topological polar surface area (TPSA) is 86.8 Å². The van der Waals surface area contributed by atoms with Gasteiger partial charge in [-0.1, -0.05) is 0 Å². The van der Waals surface area contributed by atoms with Gasteiger partial charge in [-0.15, -0.1) is 0 Å². The molecular weight excluding hydrogens is 348 g/mol. The highest BCUT2D eigenvalue weighted by Gasteiger charge is 2.13. The van der Waals surface area contributed by atoms with E-state index in [2.05, 4.69) is 20.6 Å². The Bertz CT molecular complexity index is 964. The van der Waals surface area contributed by atoms with Crippen LogP contribution in [0.5, 0.6) is 23.0 Å². The average Bonchev–Trinajstić information content (AvgIpc) is 3.16. The number of aromatic nitrogens is 2. The maximum Gasteiger partial charge on any atom is 0.231 e. The first-order valence-corrected chi connectivity index (χ1v) is 8.23. The summed E-state index contributed by atoms with van der Waals surface area (Å²) in [6.07, 6.45) is 1.48. The van der Waals surface area contributed by atoms with Crippen LogP contribution in [0.15, 0.2) is 48.8 Å². The number of fused-ring (bicyclic) bond motifs is 1. The van der Waals surface area contributed by atoms with Crippen molar-refractivity contribution < 1.29 is 18.9 Å². The second-order valence-corrected chi connectivity index (χ2v) is 5.68. The summed E-state index contributed by atoms with van der Waals surface area (Å²) in [5.41, 5.74) is 1.66. The van der Waals surface area contributed by atoms with Crippen molar-refractivity contribution in [3.8, 4) is 23.0 Å². The molecule has 2 N–H and O–H groups in total. The van der Waals surface area contributed by atoms with E-state index in [4.69, 9.17) is 18.9 Å². The van der Waals surface area contributed by atoms with Gasteiger partial charge in [0.2, 0.25) is 6.79 Å². The van der Waals surface area contributed by atoms with Crippen LogP contribution in [0.25, 0.3) is 0 Å². The smallest absolute Gasteiger partial charge is 0.231 e. The highest BCUT2D eigenvalue weighted by atomic mass is 16.7. The van der Waals surface area contributed by atoms with Gasteiger partial charge < -0.3 is 29.6 Å². The quantitative estimate of drug-likeness (QED) is 0.683. The fraction of sp³-hybridized carbons (Fsp3) is 0.158. The number of benzene rings is 2. The van der Waals surface area contributed by atoms with Gasteiger partial charge in [-0.2, -0.15) is 0 Å². The summed E-state index contributed by atoms with van der Waals surface area (Å²) in [6.45, 7) is 0.242. The van der Waals surface area contributed by atoms with Crippen molar-refractivity contribution in [1.29, 1.82) is 0 Å². The molecule has 0 bridgehead atoms. The molecule has 0 amide bonds. The lowest BCUT2D eigenvalue weighted by molar-refractivity contribution is 0.174. The van der Waals surface area contributed by atoms with Crippen molar-refractivity contribution in [1.82, 2.24) is 9.97 Å². The van der Waals surface area contributed by atoms with Crippen molar-refractivity contribution in [3.05, 3.63) is 48.8 Å². The normalized spacial score (nSPS) is 11.8. The second kappa shape index (κ2) is 7.28. The van der Waals surface area contributed by atoms with E-state index in [0.717, 1.165) is 17.1 Å². The third kappa shape index (κ3) is 3.64. The molecule has 1 aliphatic heterocycles. The minimum atomic E-state index is 0.242. The van der Waals surface area contributed by atoms with E-state index in [1.54, 1.807) is 20.3 Å². The van der Waals surface area contributed by atoms with E-state index in [1.165, 1.54) is 6.33 Å². The first-order chi connectivity index (χ1) is 13.2. The number of hydrogen-bond acceptors (Lipinski definition) is 8. The summed E-state index contributed by atoms with van der Waals surface area (Å²) < 4.78 is 21.3. The minimum absolute atomic E-state index is 0.242. The molecule has 0 saturated carbocycles. The molecule has 0 aliphatic carbocycles. The van der Waals surface area contributed by atoms with E-state index in [-0.39, 0.29) is 6.79 Å². The van der Waals surface area contributed by atoms with E-state index in [9.17, 15) is 0 Å². The van der Waals surface area contributed by atoms with Crippen LogP contribution in [0.1, 0.15) is 0 Å². The second-order valence-electron chi connectivity index (χ2n) is 5.68. The molecule has 0 unspecified atom stereocenters. The lowest BCUT2D eigenvalue weighted by Crippen LogP contribution is -1.99. The Morgan fingerprint density at radius 3 is 2.19 bits per heavy atom. The fourth-order valence-electron chi connectivity index (χ4n) is 2.68. The summed E-state index contributed by atoms with van der Waals surface area (Å²) in [7, 11) is 3.20. The van der Waals surface area contributed by atoms with Gasteiger partial charge in [0.05, 0.1) is 14.2 Å². The van der Waals surface area contributed by atoms with E-state index in [1.807, 2.05) is 36.4 Å². The summed E-state index contributed by atoms with van der Waals surface area (Å²) in [5, 5.41) is 6.46. The Morgan fingerprint density at radius 1 is 0.778 bits per heavy atom. The molecule has 0 radical (unpaired) electrons. The molecule has 2 aromatic carbocycles. The van der Waals surface area contributed by atoms with Crippen LogP contribution in [0.3, 0.4) is 0 Å². The van der Waals surface area contributed by atoms with Gasteiger partial charge in [-0.3, -0.25) is 0 Å². The zero-order valence-electron chi connectivity index (χ0n) is 14.9. The molecule has 8 heteroatoms. The predicted molar refractivity (Wildman–Crippen MR) is 101 cm³/mol. The van der Waals surface area contributed by atoms with Crippen LogP contribution in [-0.2, 0) is 0 Å². The highest BCUT2D eigenvalue weighted by molar-refractivity contribution is 5.66. The summed E-state index contributed by atoms with van der Waals surface area (Å²) >= 11 is 0. The van der Waals surface area contributed by atoms with Crippen molar-refractivity contribution in [2.24, 2.45) is 0 Å². The molecule has 3 aromatic rings.